The number of amides is 2. The summed E-state index contributed by atoms with van der Waals surface area (Å²) in [5.41, 5.74) is 8.91. The average molecular weight is 1190 g/mol. The topological polar surface area (TPSA) is 254 Å². The summed E-state index contributed by atoms with van der Waals surface area (Å²) < 4.78 is 103. The van der Waals surface area contributed by atoms with Gasteiger partial charge in [0.2, 0.25) is 5.36 Å². The number of fused-ring (bicyclic) bond motifs is 3. The molecule has 82 heavy (non-hydrogen) atoms. The van der Waals surface area contributed by atoms with Crippen LogP contribution in [-0.2, 0) is 80.8 Å². The number of aryl methyl sites for hydroxylation is 2. The highest BCUT2D eigenvalue weighted by molar-refractivity contribution is 7.86. The second-order valence-electron chi connectivity index (χ2n) is 21.4. The minimum Gasteiger partial charge on any atom is -0.379 e. The first-order valence-corrected chi connectivity index (χ1v) is 33.6. The molecule has 8 rings (SSSR count). The number of hydrogen-bond acceptors (Lipinski definition) is 17. The van der Waals surface area contributed by atoms with E-state index >= 15 is 0 Å². The summed E-state index contributed by atoms with van der Waals surface area (Å²) in [5.74, 6) is -1.70. The predicted molar refractivity (Wildman–Crippen MR) is 306 cm³/mol. The number of nitrogens with zero attached hydrogens (tertiary/aromatic N) is 4. The highest BCUT2D eigenvalue weighted by Crippen LogP contribution is 2.33. The molecule has 444 valence electrons. The Morgan fingerprint density at radius 3 is 1.79 bits per heavy atom. The van der Waals surface area contributed by atoms with Gasteiger partial charge in [0.25, 0.3) is 32.1 Å². The van der Waals surface area contributed by atoms with Crippen LogP contribution in [0.3, 0.4) is 0 Å². The molecule has 4 heterocycles. The Balaban J connectivity index is 0.776. The number of ketones is 1. The lowest BCUT2D eigenvalue weighted by atomic mass is 9.86. The van der Waals surface area contributed by atoms with Crippen LogP contribution in [0.5, 0.6) is 0 Å². The molecule has 2 amide bonds. The zero-order valence-corrected chi connectivity index (χ0v) is 50.0. The molecule has 2 fully saturated rings. The van der Waals surface area contributed by atoms with Crippen molar-refractivity contribution in [3.63, 3.8) is 0 Å². The van der Waals surface area contributed by atoms with Crippen molar-refractivity contribution in [2.45, 2.75) is 81.8 Å². The van der Waals surface area contributed by atoms with Crippen molar-refractivity contribution in [1.29, 1.82) is 0 Å². The van der Waals surface area contributed by atoms with Gasteiger partial charge in [-0.15, -0.1) is 5.06 Å². The minimum absolute atomic E-state index is 0.0411. The normalized spacial score (nSPS) is 16.2. The van der Waals surface area contributed by atoms with E-state index in [9.17, 15) is 45.1 Å². The number of rotatable bonds is 30. The van der Waals surface area contributed by atoms with Crippen molar-refractivity contribution in [1.82, 2.24) is 14.5 Å². The number of anilines is 1. The van der Waals surface area contributed by atoms with E-state index in [1.807, 2.05) is 12.1 Å². The molecule has 0 bridgehead atoms. The third kappa shape index (κ3) is 15.6. The second-order valence-corrected chi connectivity index (χ2v) is 28.5. The lowest BCUT2D eigenvalue weighted by molar-refractivity contribution is -0.198. The molecule has 4 aliphatic rings. The number of carbonyl (C=O) groups is 4. The Labute approximate surface area is 480 Å². The van der Waals surface area contributed by atoms with Gasteiger partial charge in [0.05, 0.1) is 88.9 Å². The van der Waals surface area contributed by atoms with Crippen LogP contribution in [0.25, 0.3) is 5.57 Å². The molecule has 4 aromatic carbocycles. The second kappa shape index (κ2) is 27.8. The van der Waals surface area contributed by atoms with Crippen LogP contribution >= 0.6 is 0 Å². The lowest BCUT2D eigenvalue weighted by Gasteiger charge is -2.38. The van der Waals surface area contributed by atoms with Crippen molar-refractivity contribution < 1.29 is 78.4 Å². The Morgan fingerprint density at radius 2 is 1.22 bits per heavy atom. The van der Waals surface area contributed by atoms with E-state index < -0.39 is 55.9 Å². The zero-order chi connectivity index (χ0) is 58.8. The summed E-state index contributed by atoms with van der Waals surface area (Å²) in [7, 11) is -9.64. The molecule has 21 nitrogen and oxygen atoms in total. The fraction of sp³-hybridized carbons (Fsp3) is 0.500. The first-order valence-electron chi connectivity index (χ1n) is 27.8. The third-order valence-corrected chi connectivity index (χ3v) is 20.6. The summed E-state index contributed by atoms with van der Waals surface area (Å²) in [6, 6.07) is 19.0. The summed E-state index contributed by atoms with van der Waals surface area (Å²) in [4.78, 5) is 56.5. The largest absolute Gasteiger partial charge is 0.379 e. The monoisotopic (exact) mass is 1190 g/mol. The van der Waals surface area contributed by atoms with Gasteiger partial charge in [-0.05, 0) is 112 Å². The third-order valence-electron chi connectivity index (χ3n) is 15.3. The van der Waals surface area contributed by atoms with Crippen LogP contribution in [-0.4, -0.2) is 187 Å². The van der Waals surface area contributed by atoms with Gasteiger partial charge in [-0.2, -0.15) is 16.8 Å². The molecule has 0 spiro atoms. The molecule has 0 aromatic heterocycles. The maximum absolute atomic E-state index is 13.7. The number of imide groups is 1. The number of likely N-dealkylation sites (N-methyl/N-ethyl adjacent to an activating group) is 1. The number of benzene rings is 4. The van der Waals surface area contributed by atoms with Gasteiger partial charge >= 0.3 is 5.97 Å². The zero-order valence-electron chi connectivity index (χ0n) is 47.4. The molecule has 24 heteroatoms. The molecular formula is C58H75N4O17S2Si+. The first kappa shape index (κ1) is 62.4. The van der Waals surface area contributed by atoms with E-state index in [0.717, 1.165) is 47.5 Å². The fourth-order valence-electron chi connectivity index (χ4n) is 11.0. The quantitative estimate of drug-likeness (QED) is 0.0190. The van der Waals surface area contributed by atoms with Gasteiger partial charge < -0.3 is 38.2 Å². The average Bonchev–Trinajstić information content (AvgIpc) is 1.23. The van der Waals surface area contributed by atoms with Crippen LogP contribution in [0.15, 0.2) is 70.5 Å². The smallest absolute Gasteiger partial charge is 0.335 e. The summed E-state index contributed by atoms with van der Waals surface area (Å²) >= 11 is 0. The van der Waals surface area contributed by atoms with Crippen LogP contribution in [0, 0.1) is 13.8 Å². The van der Waals surface area contributed by atoms with Gasteiger partial charge in [-0.3, -0.25) is 28.4 Å². The van der Waals surface area contributed by atoms with Gasteiger partial charge in [-0.25, -0.2) is 9.37 Å². The molecule has 2 N–H and O–H groups in total. The highest BCUT2D eigenvalue weighted by atomic mass is 32.2. The maximum atomic E-state index is 13.7. The van der Waals surface area contributed by atoms with E-state index in [1.165, 1.54) is 43.7 Å². The maximum Gasteiger partial charge on any atom is 0.335 e. The van der Waals surface area contributed by atoms with Crippen molar-refractivity contribution >= 4 is 73.5 Å². The standard InChI is InChI=1S/C58H74N4O17S2Si/c1-40-33-44(50(63)7-6-21-73-23-25-75-27-29-77-31-32-78-30-28-76-26-24-74-22-15-56(66)79-62-54(64)12-13-55(62)65)34-41(2)57(40)58-47-11-9-45(36-52(47)82(4,5)53-38-49-42(35-48(53)58)14-16-59(49)3)61-19-17-60(18-20-61)39-43-8-10-46(80(67,68)69)37-51(43)81(70,71)72/h8-11,33-38H,6-7,12-32,39H2,1-5H3,(H-,67,68,69,70,71,72)/p+1. The number of hydrogen-bond donors (Lipinski definition) is 2. The molecule has 0 aliphatic carbocycles. The molecule has 4 aliphatic heterocycles. The summed E-state index contributed by atoms with van der Waals surface area (Å²) in [6.45, 7) is 16.8. The summed E-state index contributed by atoms with van der Waals surface area (Å²) in [5, 5.41) is 5.74. The molecule has 0 atom stereocenters. The minimum atomic E-state index is -4.78. The SMILES string of the molecule is Cc1cc(C(=O)CCCOCCOCCOCCOCCOCCOCCC(=O)ON2C(=O)CCC2=O)cc(C)c1C1=c2cc3c(cc2[Si](C)(C)c2cc(N4CCN(Cc5ccc(S(=O)(=O)O)cc5S(=O)(=O)O)CC4)ccc21)=[N+](C)CC3. The molecule has 0 saturated carbocycles. The van der Waals surface area contributed by atoms with E-state index in [4.69, 9.17) is 33.3 Å². The fourth-order valence-corrected chi connectivity index (χ4v) is 15.3. The predicted octanol–water partition coefficient (Wildman–Crippen LogP) is 2.24. The van der Waals surface area contributed by atoms with Gasteiger partial charge in [-0.1, -0.05) is 25.2 Å². The number of piperazine rings is 1. The van der Waals surface area contributed by atoms with Crippen molar-refractivity contribution in [2.24, 2.45) is 0 Å². The van der Waals surface area contributed by atoms with Crippen LogP contribution in [0.2, 0.25) is 13.1 Å². The van der Waals surface area contributed by atoms with E-state index in [0.29, 0.717) is 116 Å². The van der Waals surface area contributed by atoms with E-state index in [2.05, 4.69) is 78.7 Å². The van der Waals surface area contributed by atoms with Crippen molar-refractivity contribution in [2.75, 3.05) is 124 Å². The van der Waals surface area contributed by atoms with E-state index in [1.54, 1.807) is 0 Å². The number of hydroxylamine groups is 2. The molecule has 0 unspecified atom stereocenters. The van der Waals surface area contributed by atoms with Crippen LogP contribution < -0.4 is 30.4 Å². The Morgan fingerprint density at radius 1 is 0.646 bits per heavy atom. The molecule has 0 radical (unpaired) electrons. The number of carbonyl (C=O) groups excluding carboxylic acids is 4. The Hall–Kier alpha value is -5.61. The van der Waals surface area contributed by atoms with Crippen molar-refractivity contribution in [3.8, 4) is 0 Å². The highest BCUT2D eigenvalue weighted by Gasteiger charge is 2.38. The first-order chi connectivity index (χ1) is 39.1. The van der Waals surface area contributed by atoms with Gasteiger partial charge in [0.15, 0.2) is 5.78 Å². The molecular weight excluding hydrogens is 1120 g/mol. The van der Waals surface area contributed by atoms with Gasteiger partial charge in [0.1, 0.15) is 21.7 Å². The van der Waals surface area contributed by atoms with Crippen LogP contribution in [0.4, 0.5) is 5.69 Å². The van der Waals surface area contributed by atoms with E-state index in [-0.39, 0.29) is 50.4 Å². The molecule has 2 saturated heterocycles. The summed E-state index contributed by atoms with van der Waals surface area (Å²) in [6.07, 6.45) is 1.88. The van der Waals surface area contributed by atoms with Gasteiger partial charge in [0, 0.05) is 87.9 Å². The Kier molecular flexibility index (Phi) is 21.2. The molecule has 4 aromatic rings. The van der Waals surface area contributed by atoms with Crippen LogP contribution in [0.1, 0.15) is 75.8 Å². The van der Waals surface area contributed by atoms with Crippen molar-refractivity contribution in [3.05, 3.63) is 110 Å². The number of Topliss-reactive ketones (excluding diaryl/α,β-unsaturated/α-hetero) is 1. The number of ether oxygens (including phenoxy) is 6. The Bertz CT molecular complexity index is 3360. The lowest BCUT2D eigenvalue weighted by Crippen LogP contribution is -2.64.